The van der Waals surface area contributed by atoms with Crippen LogP contribution in [0.3, 0.4) is 0 Å². The molecule has 1 aliphatic rings. The van der Waals surface area contributed by atoms with E-state index < -0.39 is 17.3 Å². The van der Waals surface area contributed by atoms with Crippen LogP contribution in [0.4, 0.5) is 0 Å². The molecule has 1 heterocycles. The summed E-state index contributed by atoms with van der Waals surface area (Å²) >= 11 is 0. The Bertz CT molecular complexity index is 819. The van der Waals surface area contributed by atoms with Crippen molar-refractivity contribution in [3.05, 3.63) is 45.7 Å². The van der Waals surface area contributed by atoms with Gasteiger partial charge in [0, 0.05) is 23.1 Å². The van der Waals surface area contributed by atoms with Crippen LogP contribution in [0.15, 0.2) is 29.2 Å². The number of hydrogen-bond acceptors (Lipinski definition) is 3. The maximum absolute atomic E-state index is 12.5. The predicted molar refractivity (Wildman–Crippen MR) is 85.9 cm³/mol. The van der Waals surface area contributed by atoms with Crippen LogP contribution < -0.4 is 10.7 Å². The lowest BCUT2D eigenvalue weighted by molar-refractivity contribution is 0.0696. The third kappa shape index (κ3) is 3.11. The number of pyridine rings is 1. The minimum absolute atomic E-state index is 0.0191. The second kappa shape index (κ2) is 6.24. The number of carboxylic acid groups (broad SMARTS) is 1. The standard InChI is InChI=1S/C17H18N2O4/c20-15-12-8-10(17(22)23)6-7-14(12)18-9-13(15)16(21)19-11-4-2-1-3-5-11/h6-9,11H,1-5H2,(H,18,20)(H,19,21)(H,22,23). The van der Waals surface area contributed by atoms with Crippen molar-refractivity contribution >= 4 is 22.8 Å². The van der Waals surface area contributed by atoms with Gasteiger partial charge in [0.15, 0.2) is 0 Å². The number of carboxylic acids is 1. The second-order valence-electron chi connectivity index (χ2n) is 5.91. The smallest absolute Gasteiger partial charge is 0.335 e. The van der Waals surface area contributed by atoms with E-state index in [1.54, 1.807) is 0 Å². The van der Waals surface area contributed by atoms with Gasteiger partial charge in [0.05, 0.1) is 5.56 Å². The fourth-order valence-electron chi connectivity index (χ4n) is 3.03. The molecule has 0 bridgehead atoms. The second-order valence-corrected chi connectivity index (χ2v) is 5.91. The number of aromatic carboxylic acids is 1. The third-order valence-corrected chi connectivity index (χ3v) is 4.31. The average Bonchev–Trinajstić information content (AvgIpc) is 2.55. The normalized spacial score (nSPS) is 15.5. The fourth-order valence-corrected chi connectivity index (χ4v) is 3.03. The summed E-state index contributed by atoms with van der Waals surface area (Å²) in [5.74, 6) is -1.51. The minimum atomic E-state index is -1.11. The number of rotatable bonds is 3. The van der Waals surface area contributed by atoms with Gasteiger partial charge in [-0.3, -0.25) is 9.59 Å². The summed E-state index contributed by atoms with van der Waals surface area (Å²) in [5, 5.41) is 12.2. The molecule has 0 atom stereocenters. The van der Waals surface area contributed by atoms with E-state index in [0.29, 0.717) is 5.52 Å². The van der Waals surface area contributed by atoms with Crippen LogP contribution in [-0.4, -0.2) is 28.0 Å². The molecule has 120 valence electrons. The zero-order valence-electron chi connectivity index (χ0n) is 12.6. The van der Waals surface area contributed by atoms with Crippen molar-refractivity contribution in [2.75, 3.05) is 0 Å². The van der Waals surface area contributed by atoms with Crippen LogP contribution in [0.25, 0.3) is 10.9 Å². The molecule has 0 radical (unpaired) electrons. The highest BCUT2D eigenvalue weighted by Crippen LogP contribution is 2.18. The van der Waals surface area contributed by atoms with Gasteiger partial charge >= 0.3 is 5.97 Å². The first-order valence-electron chi connectivity index (χ1n) is 7.76. The molecule has 3 N–H and O–H groups in total. The van der Waals surface area contributed by atoms with Crippen LogP contribution in [-0.2, 0) is 0 Å². The monoisotopic (exact) mass is 314 g/mol. The minimum Gasteiger partial charge on any atom is -0.478 e. The Kier molecular flexibility index (Phi) is 4.14. The number of nitrogens with one attached hydrogen (secondary N) is 2. The maximum atomic E-state index is 12.5. The molecule has 1 aromatic heterocycles. The van der Waals surface area contributed by atoms with Crippen molar-refractivity contribution in [3.8, 4) is 0 Å². The topological polar surface area (TPSA) is 99.3 Å². The number of benzene rings is 1. The first-order valence-corrected chi connectivity index (χ1v) is 7.76. The van der Waals surface area contributed by atoms with Gasteiger partial charge in [0.1, 0.15) is 5.56 Å². The molecule has 6 heteroatoms. The summed E-state index contributed by atoms with van der Waals surface area (Å²) in [7, 11) is 0. The van der Waals surface area contributed by atoms with E-state index >= 15 is 0 Å². The fraction of sp³-hybridized carbons (Fsp3) is 0.353. The van der Waals surface area contributed by atoms with Gasteiger partial charge in [0.2, 0.25) is 5.43 Å². The Hall–Kier alpha value is -2.63. The lowest BCUT2D eigenvalue weighted by Crippen LogP contribution is -2.38. The van der Waals surface area contributed by atoms with Crippen molar-refractivity contribution in [2.45, 2.75) is 38.1 Å². The SMILES string of the molecule is O=C(O)c1ccc2[nH]cc(C(=O)NC3CCCCC3)c(=O)c2c1. The Labute approximate surface area is 132 Å². The Morgan fingerprint density at radius 2 is 1.91 bits per heavy atom. The zero-order chi connectivity index (χ0) is 16.4. The first-order chi connectivity index (χ1) is 11.1. The Morgan fingerprint density at radius 3 is 2.61 bits per heavy atom. The van der Waals surface area contributed by atoms with Crippen LogP contribution in [0.2, 0.25) is 0 Å². The highest BCUT2D eigenvalue weighted by molar-refractivity contribution is 5.99. The Balaban J connectivity index is 1.94. The van der Waals surface area contributed by atoms with Crippen LogP contribution in [0.1, 0.15) is 52.8 Å². The van der Waals surface area contributed by atoms with Crippen LogP contribution >= 0.6 is 0 Å². The van der Waals surface area contributed by atoms with Gasteiger partial charge in [-0.05, 0) is 31.0 Å². The van der Waals surface area contributed by atoms with E-state index in [1.807, 2.05) is 0 Å². The largest absolute Gasteiger partial charge is 0.478 e. The van der Waals surface area contributed by atoms with Gasteiger partial charge in [0.25, 0.3) is 5.91 Å². The van der Waals surface area contributed by atoms with Crippen molar-refractivity contribution in [2.24, 2.45) is 0 Å². The van der Waals surface area contributed by atoms with Crippen molar-refractivity contribution < 1.29 is 14.7 Å². The lowest BCUT2D eigenvalue weighted by atomic mass is 9.95. The molecule has 0 aliphatic heterocycles. The number of carbonyl (C=O) groups is 2. The van der Waals surface area contributed by atoms with E-state index in [0.717, 1.165) is 25.7 Å². The molecule has 6 nitrogen and oxygen atoms in total. The molecule has 23 heavy (non-hydrogen) atoms. The number of hydrogen-bond donors (Lipinski definition) is 3. The van der Waals surface area contributed by atoms with Crippen LogP contribution in [0, 0.1) is 0 Å². The average molecular weight is 314 g/mol. The molecule has 0 unspecified atom stereocenters. The summed E-state index contributed by atoms with van der Waals surface area (Å²) in [6.45, 7) is 0. The quantitative estimate of drug-likeness (QED) is 0.809. The molecule has 1 aromatic carbocycles. The Morgan fingerprint density at radius 1 is 1.17 bits per heavy atom. The summed E-state index contributed by atoms with van der Waals surface area (Å²) in [5.41, 5.74) is 0.0998. The number of aromatic amines is 1. The molecule has 1 fully saturated rings. The number of H-pyrrole nitrogens is 1. The maximum Gasteiger partial charge on any atom is 0.335 e. The molecule has 0 spiro atoms. The highest BCUT2D eigenvalue weighted by atomic mass is 16.4. The summed E-state index contributed by atoms with van der Waals surface area (Å²) in [4.78, 5) is 38.8. The molecule has 0 saturated heterocycles. The van der Waals surface area contributed by atoms with Gasteiger partial charge in [-0.1, -0.05) is 19.3 Å². The molecular weight excluding hydrogens is 296 g/mol. The third-order valence-electron chi connectivity index (χ3n) is 4.31. The summed E-state index contributed by atoms with van der Waals surface area (Å²) < 4.78 is 0. The molecule has 1 amide bonds. The van der Waals surface area contributed by atoms with Gasteiger partial charge in [-0.2, -0.15) is 0 Å². The van der Waals surface area contributed by atoms with Gasteiger partial charge in [-0.25, -0.2) is 4.79 Å². The van der Waals surface area contributed by atoms with Gasteiger partial charge in [-0.15, -0.1) is 0 Å². The van der Waals surface area contributed by atoms with E-state index in [1.165, 1.54) is 30.8 Å². The van der Waals surface area contributed by atoms with E-state index in [-0.39, 0.29) is 22.6 Å². The highest BCUT2D eigenvalue weighted by Gasteiger charge is 2.19. The number of amides is 1. The van der Waals surface area contributed by atoms with E-state index in [4.69, 9.17) is 5.11 Å². The molecule has 2 aromatic rings. The molecule has 3 rings (SSSR count). The molecule has 1 saturated carbocycles. The van der Waals surface area contributed by atoms with Crippen molar-refractivity contribution in [1.82, 2.24) is 10.3 Å². The van der Waals surface area contributed by atoms with Crippen LogP contribution in [0.5, 0.6) is 0 Å². The van der Waals surface area contributed by atoms with Crippen molar-refractivity contribution in [1.29, 1.82) is 0 Å². The number of fused-ring (bicyclic) bond motifs is 1. The molecular formula is C17H18N2O4. The predicted octanol–water partition coefficient (Wildman–Crippen LogP) is 2.29. The summed E-state index contributed by atoms with van der Waals surface area (Å²) in [6, 6.07) is 4.36. The number of carbonyl (C=O) groups excluding carboxylic acids is 1. The van der Waals surface area contributed by atoms with Gasteiger partial charge < -0.3 is 15.4 Å². The van der Waals surface area contributed by atoms with Crippen molar-refractivity contribution in [3.63, 3.8) is 0 Å². The van der Waals surface area contributed by atoms with E-state index in [9.17, 15) is 14.4 Å². The lowest BCUT2D eigenvalue weighted by Gasteiger charge is -2.22. The zero-order valence-corrected chi connectivity index (χ0v) is 12.6. The molecule has 1 aliphatic carbocycles. The number of aromatic nitrogens is 1. The first kappa shape index (κ1) is 15.3. The summed E-state index contributed by atoms with van der Waals surface area (Å²) in [6.07, 6.45) is 6.60. The van der Waals surface area contributed by atoms with E-state index in [2.05, 4.69) is 10.3 Å².